The Balaban J connectivity index is 1.45. The maximum absolute atomic E-state index is 12.9. The third-order valence-electron chi connectivity index (χ3n) is 5.67. The van der Waals surface area contributed by atoms with Gasteiger partial charge in [0.1, 0.15) is 10.7 Å². The van der Waals surface area contributed by atoms with Crippen LogP contribution in [0, 0.1) is 0 Å². The second-order valence-corrected chi connectivity index (χ2v) is 8.24. The fourth-order valence-corrected chi connectivity index (χ4v) is 3.82. The van der Waals surface area contributed by atoms with E-state index in [0.29, 0.717) is 22.6 Å². The Bertz CT molecular complexity index is 1260. The van der Waals surface area contributed by atoms with Gasteiger partial charge in [0, 0.05) is 16.9 Å². The largest absolute Gasteiger partial charge is 0.350 e. The summed E-state index contributed by atoms with van der Waals surface area (Å²) >= 11 is 6.21. The molecule has 3 aromatic carbocycles. The number of amides is 3. The average molecular weight is 474 g/mol. The van der Waals surface area contributed by atoms with Crippen molar-refractivity contribution >= 4 is 46.4 Å². The van der Waals surface area contributed by atoms with E-state index >= 15 is 0 Å². The molecule has 0 unspecified atom stereocenters. The van der Waals surface area contributed by atoms with E-state index in [-0.39, 0.29) is 16.6 Å². The lowest BCUT2D eigenvalue weighted by Gasteiger charge is -2.15. The van der Waals surface area contributed by atoms with Crippen molar-refractivity contribution in [2.45, 2.75) is 26.7 Å². The van der Waals surface area contributed by atoms with Crippen molar-refractivity contribution in [3.8, 4) is 0 Å². The van der Waals surface area contributed by atoms with Crippen molar-refractivity contribution < 1.29 is 14.4 Å². The molecule has 34 heavy (non-hydrogen) atoms. The number of benzene rings is 3. The number of nitrogens with zero attached hydrogens (tertiary/aromatic N) is 1. The first-order chi connectivity index (χ1) is 16.4. The molecule has 1 aliphatic rings. The Hall–Kier alpha value is -3.90. The normalized spacial score (nSPS) is 13.4. The maximum atomic E-state index is 12.9. The van der Waals surface area contributed by atoms with Gasteiger partial charge in [0.25, 0.3) is 17.7 Å². The SMILES string of the molecule is CCc1ccc(NC(=O)c2ccc(NC3=C(Cl)C(=O)N(c4ccc(CC)cc4)C3=O)cc2)cc1. The summed E-state index contributed by atoms with van der Waals surface area (Å²) in [7, 11) is 0. The fourth-order valence-electron chi connectivity index (χ4n) is 3.60. The summed E-state index contributed by atoms with van der Waals surface area (Å²) in [5.41, 5.74) is 4.45. The van der Waals surface area contributed by atoms with E-state index in [1.165, 1.54) is 5.56 Å². The molecular weight excluding hydrogens is 450 g/mol. The highest BCUT2D eigenvalue weighted by atomic mass is 35.5. The van der Waals surface area contributed by atoms with E-state index in [2.05, 4.69) is 17.6 Å². The predicted molar refractivity (Wildman–Crippen MR) is 135 cm³/mol. The van der Waals surface area contributed by atoms with Crippen LogP contribution in [-0.2, 0) is 22.4 Å². The number of aryl methyl sites for hydroxylation is 2. The van der Waals surface area contributed by atoms with E-state index in [1.54, 1.807) is 36.4 Å². The molecule has 7 heteroatoms. The van der Waals surface area contributed by atoms with Gasteiger partial charge in [-0.25, -0.2) is 4.90 Å². The lowest BCUT2D eigenvalue weighted by atomic mass is 10.1. The number of rotatable bonds is 7. The van der Waals surface area contributed by atoms with Gasteiger partial charge in [-0.1, -0.05) is 49.7 Å². The molecule has 1 heterocycles. The minimum Gasteiger partial charge on any atom is -0.350 e. The third kappa shape index (κ3) is 4.72. The standard InChI is InChI=1S/C27H24ClN3O3/c1-3-17-5-11-21(12-6-17)30-25(32)19-9-13-20(14-10-19)29-24-23(28)26(33)31(27(24)34)22-15-7-18(4-2)8-16-22/h5-16,29H,3-4H2,1-2H3,(H,30,32). The molecule has 2 N–H and O–H groups in total. The Morgan fingerprint density at radius 3 is 1.85 bits per heavy atom. The monoisotopic (exact) mass is 473 g/mol. The van der Waals surface area contributed by atoms with Crippen molar-refractivity contribution in [3.63, 3.8) is 0 Å². The number of hydrogen-bond acceptors (Lipinski definition) is 4. The minimum absolute atomic E-state index is 0.000509. The zero-order chi connectivity index (χ0) is 24.2. The first-order valence-electron chi connectivity index (χ1n) is 11.1. The van der Waals surface area contributed by atoms with Crippen LogP contribution in [0.15, 0.2) is 83.5 Å². The van der Waals surface area contributed by atoms with Gasteiger partial charge >= 0.3 is 0 Å². The van der Waals surface area contributed by atoms with Crippen LogP contribution in [0.5, 0.6) is 0 Å². The minimum atomic E-state index is -0.580. The molecular formula is C27H24ClN3O3. The number of anilines is 3. The summed E-state index contributed by atoms with van der Waals surface area (Å²) < 4.78 is 0. The van der Waals surface area contributed by atoms with Crippen LogP contribution in [0.2, 0.25) is 0 Å². The average Bonchev–Trinajstić information content (AvgIpc) is 3.08. The zero-order valence-electron chi connectivity index (χ0n) is 18.9. The second-order valence-electron chi connectivity index (χ2n) is 7.86. The highest BCUT2D eigenvalue weighted by molar-refractivity contribution is 6.53. The van der Waals surface area contributed by atoms with Crippen LogP contribution >= 0.6 is 11.6 Å². The quantitative estimate of drug-likeness (QED) is 0.444. The number of carbonyl (C=O) groups excluding carboxylic acids is 3. The van der Waals surface area contributed by atoms with E-state index < -0.39 is 11.8 Å². The Labute approximate surface area is 203 Å². The van der Waals surface area contributed by atoms with E-state index in [4.69, 9.17) is 11.6 Å². The van der Waals surface area contributed by atoms with Crippen LogP contribution in [0.1, 0.15) is 35.3 Å². The van der Waals surface area contributed by atoms with Gasteiger partial charge in [-0.15, -0.1) is 0 Å². The molecule has 0 aromatic heterocycles. The van der Waals surface area contributed by atoms with E-state index in [9.17, 15) is 14.4 Å². The predicted octanol–water partition coefficient (Wildman–Crippen LogP) is 5.50. The summed E-state index contributed by atoms with van der Waals surface area (Å²) in [4.78, 5) is 39.2. The third-order valence-corrected chi connectivity index (χ3v) is 6.02. The smallest absolute Gasteiger partial charge is 0.283 e. The van der Waals surface area contributed by atoms with Gasteiger partial charge in [-0.05, 0) is 72.5 Å². The molecule has 0 fully saturated rings. The molecule has 0 radical (unpaired) electrons. The Kier molecular flexibility index (Phi) is 6.80. The zero-order valence-corrected chi connectivity index (χ0v) is 19.6. The Morgan fingerprint density at radius 2 is 1.29 bits per heavy atom. The molecule has 0 atom stereocenters. The second kappa shape index (κ2) is 9.93. The van der Waals surface area contributed by atoms with Crippen molar-refractivity contribution in [1.82, 2.24) is 0 Å². The maximum Gasteiger partial charge on any atom is 0.283 e. The molecule has 4 rings (SSSR count). The summed E-state index contributed by atoms with van der Waals surface area (Å²) in [6, 6.07) is 21.5. The summed E-state index contributed by atoms with van der Waals surface area (Å²) in [5.74, 6) is -1.36. The molecule has 3 aromatic rings. The van der Waals surface area contributed by atoms with Gasteiger partial charge < -0.3 is 10.6 Å². The molecule has 1 aliphatic heterocycles. The number of carbonyl (C=O) groups is 3. The number of nitrogens with one attached hydrogen (secondary N) is 2. The molecule has 6 nitrogen and oxygen atoms in total. The lowest BCUT2D eigenvalue weighted by molar-refractivity contribution is -0.120. The van der Waals surface area contributed by atoms with Crippen LogP contribution in [-0.4, -0.2) is 17.7 Å². The van der Waals surface area contributed by atoms with Gasteiger partial charge in [0.05, 0.1) is 5.69 Å². The van der Waals surface area contributed by atoms with Crippen molar-refractivity contribution in [2.24, 2.45) is 0 Å². The summed E-state index contributed by atoms with van der Waals surface area (Å²) in [6.07, 6.45) is 1.78. The van der Waals surface area contributed by atoms with Gasteiger partial charge in [0.15, 0.2) is 0 Å². The first-order valence-corrected chi connectivity index (χ1v) is 11.4. The van der Waals surface area contributed by atoms with Gasteiger partial charge in [-0.3, -0.25) is 14.4 Å². The van der Waals surface area contributed by atoms with Crippen molar-refractivity contribution in [1.29, 1.82) is 0 Å². The van der Waals surface area contributed by atoms with Gasteiger partial charge in [-0.2, -0.15) is 0 Å². The van der Waals surface area contributed by atoms with Crippen LogP contribution in [0.3, 0.4) is 0 Å². The molecule has 0 saturated heterocycles. The Morgan fingerprint density at radius 1 is 0.765 bits per heavy atom. The van der Waals surface area contributed by atoms with Crippen LogP contribution in [0.4, 0.5) is 17.1 Å². The first kappa shape index (κ1) is 23.3. The van der Waals surface area contributed by atoms with Gasteiger partial charge in [0.2, 0.25) is 0 Å². The fraction of sp³-hybridized carbons (Fsp3) is 0.148. The van der Waals surface area contributed by atoms with Crippen molar-refractivity contribution in [3.05, 3.63) is 100 Å². The van der Waals surface area contributed by atoms with Crippen LogP contribution in [0.25, 0.3) is 0 Å². The molecule has 0 saturated carbocycles. The molecule has 0 spiro atoms. The number of halogens is 1. The highest BCUT2D eigenvalue weighted by Gasteiger charge is 2.38. The molecule has 0 aliphatic carbocycles. The van der Waals surface area contributed by atoms with Crippen molar-refractivity contribution in [2.75, 3.05) is 15.5 Å². The van der Waals surface area contributed by atoms with E-state index in [1.807, 2.05) is 43.3 Å². The highest BCUT2D eigenvalue weighted by Crippen LogP contribution is 2.30. The summed E-state index contributed by atoms with van der Waals surface area (Å²) in [6.45, 7) is 4.10. The molecule has 172 valence electrons. The van der Waals surface area contributed by atoms with E-state index in [0.717, 1.165) is 23.3 Å². The molecule has 3 amide bonds. The van der Waals surface area contributed by atoms with Crippen LogP contribution < -0.4 is 15.5 Å². The molecule has 0 bridgehead atoms. The number of hydrogen-bond donors (Lipinski definition) is 2. The number of imide groups is 1. The summed E-state index contributed by atoms with van der Waals surface area (Å²) in [5, 5.41) is 5.61. The topological polar surface area (TPSA) is 78.5 Å². The lowest BCUT2D eigenvalue weighted by Crippen LogP contribution is -2.32.